The van der Waals surface area contributed by atoms with Gasteiger partial charge in [0.05, 0.1) is 12.3 Å². The molecule has 2 fully saturated rings. The molecule has 0 bridgehead atoms. The third-order valence-corrected chi connectivity index (χ3v) is 7.57. The summed E-state index contributed by atoms with van der Waals surface area (Å²) in [4.78, 5) is 15.1. The van der Waals surface area contributed by atoms with E-state index in [4.69, 9.17) is 11.6 Å². The van der Waals surface area contributed by atoms with E-state index in [2.05, 4.69) is 31.9 Å². The number of aromatic nitrogens is 3. The van der Waals surface area contributed by atoms with Crippen LogP contribution in [0.2, 0.25) is 5.02 Å². The van der Waals surface area contributed by atoms with Gasteiger partial charge < -0.3 is 5.32 Å². The Hall–Kier alpha value is -1.57. The van der Waals surface area contributed by atoms with E-state index in [1.807, 2.05) is 24.3 Å². The Morgan fingerprint density at radius 3 is 2.58 bits per heavy atom. The number of nitrogens with zero attached hydrogens (tertiary/aromatic N) is 4. The van der Waals surface area contributed by atoms with Crippen molar-refractivity contribution < 1.29 is 4.79 Å². The van der Waals surface area contributed by atoms with Gasteiger partial charge in [0, 0.05) is 16.8 Å². The average molecular weight is 462 g/mol. The Morgan fingerprint density at radius 2 is 1.84 bits per heavy atom. The minimum Gasteiger partial charge on any atom is -0.352 e. The van der Waals surface area contributed by atoms with Gasteiger partial charge in [-0.25, -0.2) is 0 Å². The van der Waals surface area contributed by atoms with Crippen molar-refractivity contribution in [1.29, 1.82) is 0 Å². The molecule has 4 rings (SSSR count). The lowest BCUT2D eigenvalue weighted by atomic mass is 9.86. The van der Waals surface area contributed by atoms with Crippen molar-refractivity contribution in [3.05, 3.63) is 35.1 Å². The molecule has 1 aromatic carbocycles. The predicted molar refractivity (Wildman–Crippen MR) is 126 cm³/mol. The van der Waals surface area contributed by atoms with Crippen LogP contribution in [0.4, 0.5) is 0 Å². The number of benzene rings is 1. The van der Waals surface area contributed by atoms with Gasteiger partial charge in [-0.3, -0.25) is 14.3 Å². The van der Waals surface area contributed by atoms with E-state index in [-0.39, 0.29) is 5.91 Å². The fourth-order valence-electron chi connectivity index (χ4n) is 4.57. The summed E-state index contributed by atoms with van der Waals surface area (Å²) in [5.41, 5.74) is 0.977. The number of carbonyl (C=O) groups is 1. The highest BCUT2D eigenvalue weighted by atomic mass is 35.5. The molecule has 2 atom stereocenters. The van der Waals surface area contributed by atoms with Gasteiger partial charge in [-0.1, -0.05) is 49.5 Å². The average Bonchev–Trinajstić information content (AvgIpc) is 3.17. The first-order chi connectivity index (χ1) is 15.1. The smallest absolute Gasteiger partial charge is 0.230 e. The summed E-state index contributed by atoms with van der Waals surface area (Å²) < 4.78 is 2.08. The van der Waals surface area contributed by atoms with Crippen LogP contribution in [-0.2, 0) is 11.3 Å². The van der Waals surface area contributed by atoms with Crippen LogP contribution < -0.4 is 5.32 Å². The van der Waals surface area contributed by atoms with E-state index < -0.39 is 0 Å². The fourth-order valence-corrected chi connectivity index (χ4v) is 5.48. The normalized spacial score (nSPS) is 22.4. The Morgan fingerprint density at radius 1 is 1.10 bits per heavy atom. The van der Waals surface area contributed by atoms with Crippen LogP contribution in [-0.4, -0.2) is 50.5 Å². The van der Waals surface area contributed by atoms with E-state index >= 15 is 0 Å². The summed E-state index contributed by atoms with van der Waals surface area (Å²) in [7, 11) is 0. The van der Waals surface area contributed by atoms with Crippen molar-refractivity contribution in [2.45, 2.75) is 69.6 Å². The molecule has 0 unspecified atom stereocenters. The minimum atomic E-state index is 0.0759. The molecule has 1 amide bonds. The van der Waals surface area contributed by atoms with Gasteiger partial charge in [-0.05, 0) is 69.0 Å². The van der Waals surface area contributed by atoms with Crippen LogP contribution in [0, 0.1) is 5.92 Å². The van der Waals surface area contributed by atoms with Gasteiger partial charge in [0.15, 0.2) is 11.0 Å². The second-order valence-corrected chi connectivity index (χ2v) is 10.2. The summed E-state index contributed by atoms with van der Waals surface area (Å²) in [5, 5.41) is 13.6. The second kappa shape index (κ2) is 10.8. The van der Waals surface area contributed by atoms with E-state index in [1.165, 1.54) is 50.3 Å². The molecule has 1 aliphatic heterocycles. The van der Waals surface area contributed by atoms with Crippen LogP contribution in [0.1, 0.15) is 57.7 Å². The number of likely N-dealkylation sites (tertiary alicyclic amines) is 1. The molecule has 1 N–H and O–H groups in total. The molecule has 168 valence electrons. The molecule has 1 aliphatic carbocycles. The standard InChI is InChI=1S/C23H32ClN5OS/c1-17-7-3-4-8-20(17)25-22(30)16-31-23-27-26-21(15-28-13-5-2-6-14-28)29(23)19-11-9-18(24)10-12-19/h9-12,17,20H,2-8,13-16H2,1H3,(H,25,30)/t17-,20-/m1/s1. The highest BCUT2D eigenvalue weighted by molar-refractivity contribution is 7.99. The van der Waals surface area contributed by atoms with Crippen molar-refractivity contribution in [3.63, 3.8) is 0 Å². The summed E-state index contributed by atoms with van der Waals surface area (Å²) in [5.74, 6) is 1.88. The summed E-state index contributed by atoms with van der Waals surface area (Å²) >= 11 is 7.56. The van der Waals surface area contributed by atoms with Crippen LogP contribution in [0.3, 0.4) is 0 Å². The third kappa shape index (κ3) is 6.02. The van der Waals surface area contributed by atoms with E-state index in [9.17, 15) is 4.79 Å². The largest absolute Gasteiger partial charge is 0.352 e. The topological polar surface area (TPSA) is 63.1 Å². The van der Waals surface area contributed by atoms with Gasteiger partial charge in [-0.15, -0.1) is 10.2 Å². The number of hydrogen-bond acceptors (Lipinski definition) is 5. The Balaban J connectivity index is 1.47. The first-order valence-corrected chi connectivity index (χ1v) is 12.8. The lowest BCUT2D eigenvalue weighted by Gasteiger charge is -2.29. The highest BCUT2D eigenvalue weighted by Gasteiger charge is 2.24. The Labute approximate surface area is 194 Å². The van der Waals surface area contributed by atoms with Crippen LogP contribution in [0.25, 0.3) is 5.69 Å². The fraction of sp³-hybridized carbons (Fsp3) is 0.609. The van der Waals surface area contributed by atoms with Crippen molar-refractivity contribution in [2.75, 3.05) is 18.8 Å². The molecule has 2 aromatic rings. The van der Waals surface area contributed by atoms with E-state index in [1.54, 1.807) is 0 Å². The van der Waals surface area contributed by atoms with E-state index in [0.717, 1.165) is 42.7 Å². The molecule has 1 aromatic heterocycles. The van der Waals surface area contributed by atoms with Crippen LogP contribution >= 0.6 is 23.4 Å². The zero-order valence-corrected chi connectivity index (χ0v) is 19.8. The van der Waals surface area contributed by atoms with Gasteiger partial charge in [-0.2, -0.15) is 0 Å². The molecule has 1 saturated carbocycles. The Kier molecular flexibility index (Phi) is 7.91. The number of nitrogens with one attached hydrogen (secondary N) is 1. The predicted octanol–water partition coefficient (Wildman–Crippen LogP) is 4.69. The number of amides is 1. The molecule has 31 heavy (non-hydrogen) atoms. The number of rotatable bonds is 7. The number of piperidine rings is 1. The van der Waals surface area contributed by atoms with Gasteiger partial charge in [0.1, 0.15) is 0 Å². The molecular formula is C23H32ClN5OS. The quantitative estimate of drug-likeness (QED) is 0.606. The number of hydrogen-bond donors (Lipinski definition) is 1. The monoisotopic (exact) mass is 461 g/mol. The summed E-state index contributed by atoms with van der Waals surface area (Å²) in [6, 6.07) is 8.03. The molecule has 0 radical (unpaired) electrons. The van der Waals surface area contributed by atoms with Crippen molar-refractivity contribution >= 4 is 29.3 Å². The van der Waals surface area contributed by atoms with E-state index in [0.29, 0.717) is 22.7 Å². The molecule has 8 heteroatoms. The summed E-state index contributed by atoms with van der Waals surface area (Å²) in [6.45, 7) is 5.19. The summed E-state index contributed by atoms with van der Waals surface area (Å²) in [6.07, 6.45) is 8.52. The van der Waals surface area contributed by atoms with Crippen molar-refractivity contribution in [3.8, 4) is 5.69 Å². The zero-order valence-electron chi connectivity index (χ0n) is 18.2. The lowest BCUT2D eigenvalue weighted by molar-refractivity contribution is -0.119. The van der Waals surface area contributed by atoms with Gasteiger partial charge in [0.2, 0.25) is 5.91 Å². The number of halogens is 1. The second-order valence-electron chi connectivity index (χ2n) is 8.77. The third-order valence-electron chi connectivity index (χ3n) is 6.39. The van der Waals surface area contributed by atoms with Crippen molar-refractivity contribution in [2.24, 2.45) is 5.92 Å². The zero-order chi connectivity index (χ0) is 21.6. The highest BCUT2D eigenvalue weighted by Crippen LogP contribution is 2.26. The maximum absolute atomic E-state index is 12.6. The Bertz CT molecular complexity index is 865. The maximum Gasteiger partial charge on any atom is 0.230 e. The number of carbonyl (C=O) groups excluding carboxylic acids is 1. The van der Waals surface area contributed by atoms with Crippen molar-refractivity contribution in [1.82, 2.24) is 25.0 Å². The van der Waals surface area contributed by atoms with Crippen LogP contribution in [0.5, 0.6) is 0 Å². The molecule has 1 saturated heterocycles. The van der Waals surface area contributed by atoms with Gasteiger partial charge in [0.25, 0.3) is 0 Å². The first-order valence-electron chi connectivity index (χ1n) is 11.4. The molecule has 6 nitrogen and oxygen atoms in total. The first kappa shape index (κ1) is 22.6. The maximum atomic E-state index is 12.6. The van der Waals surface area contributed by atoms with Gasteiger partial charge >= 0.3 is 0 Å². The molecule has 2 aliphatic rings. The minimum absolute atomic E-state index is 0.0759. The SMILES string of the molecule is C[C@@H]1CCCC[C@H]1NC(=O)CSc1nnc(CN2CCCCC2)n1-c1ccc(Cl)cc1. The lowest BCUT2D eigenvalue weighted by Crippen LogP contribution is -2.41. The van der Waals surface area contributed by atoms with Crippen LogP contribution in [0.15, 0.2) is 29.4 Å². The molecule has 0 spiro atoms. The molecular weight excluding hydrogens is 430 g/mol. The number of thioether (sulfide) groups is 1. The molecule has 2 heterocycles.